The molecule has 0 aromatic heterocycles. The summed E-state index contributed by atoms with van der Waals surface area (Å²) in [6, 6.07) is 19.6. The van der Waals surface area contributed by atoms with Gasteiger partial charge in [0.05, 0.1) is 25.2 Å². The minimum absolute atomic E-state index is 0.0158. The predicted molar refractivity (Wildman–Crippen MR) is 149 cm³/mol. The molecule has 0 aliphatic carbocycles. The van der Waals surface area contributed by atoms with Gasteiger partial charge in [0.15, 0.2) is 0 Å². The molecule has 0 radical (unpaired) electrons. The van der Waals surface area contributed by atoms with Gasteiger partial charge in [-0.15, -0.1) is 0 Å². The van der Waals surface area contributed by atoms with E-state index in [4.69, 9.17) is 9.47 Å². The zero-order valence-electron chi connectivity index (χ0n) is 22.4. The summed E-state index contributed by atoms with van der Waals surface area (Å²) in [4.78, 5) is 0.106. The summed E-state index contributed by atoms with van der Waals surface area (Å²) in [5, 5.41) is 9.87. The van der Waals surface area contributed by atoms with E-state index >= 15 is 0 Å². The highest BCUT2D eigenvalue weighted by Gasteiger charge is 2.39. The maximum atomic E-state index is 13.8. The number of para-hydroxylation sites is 1. The summed E-state index contributed by atoms with van der Waals surface area (Å²) in [5.41, 5.74) is 1.43. The van der Waals surface area contributed by atoms with Crippen LogP contribution in [0.5, 0.6) is 11.5 Å². The predicted octanol–water partition coefficient (Wildman–Crippen LogP) is 3.45. The number of aliphatic hydroxyl groups excluding tert-OH is 1. The quantitative estimate of drug-likeness (QED) is 0.438. The number of rotatable bonds is 8. The van der Waals surface area contributed by atoms with Crippen LogP contribution in [-0.4, -0.2) is 76.6 Å². The van der Waals surface area contributed by atoms with Crippen molar-refractivity contribution in [2.75, 3.05) is 33.9 Å². The van der Waals surface area contributed by atoms with E-state index in [0.29, 0.717) is 11.3 Å². The fourth-order valence-corrected chi connectivity index (χ4v) is 7.65. The van der Waals surface area contributed by atoms with Gasteiger partial charge in [0.1, 0.15) is 22.5 Å². The molecule has 3 aromatic rings. The smallest absolute Gasteiger partial charge is 0.247 e. The molecule has 210 valence electrons. The van der Waals surface area contributed by atoms with Crippen molar-refractivity contribution in [2.24, 2.45) is 5.92 Å². The molecule has 0 saturated heterocycles. The van der Waals surface area contributed by atoms with Gasteiger partial charge in [-0.1, -0.05) is 49.4 Å². The first-order chi connectivity index (χ1) is 18.5. The number of likely N-dealkylation sites (N-methyl/N-ethyl adjacent to an activating group) is 1. The standard InChI is InChI=1S/C28H34N2O7S2/c1-20-17-30(21(2)19-31)39(34,35)28-15-14-22(24-12-8-9-13-25(24)36-4)16-26(28)37-27(20)18-29(3)38(32,33)23-10-6-5-7-11-23/h5-16,20-21,27,31H,17-19H2,1-4H3/t20-,21-,27+/m1/s1. The van der Waals surface area contributed by atoms with Gasteiger partial charge in [-0.05, 0) is 42.8 Å². The topological polar surface area (TPSA) is 113 Å². The average molecular weight is 575 g/mol. The van der Waals surface area contributed by atoms with E-state index in [1.54, 1.807) is 44.4 Å². The van der Waals surface area contributed by atoms with Crippen molar-refractivity contribution in [1.29, 1.82) is 0 Å². The van der Waals surface area contributed by atoms with Gasteiger partial charge in [-0.25, -0.2) is 16.8 Å². The Balaban J connectivity index is 1.80. The Morgan fingerprint density at radius 1 is 1.10 bits per heavy atom. The monoisotopic (exact) mass is 574 g/mol. The number of ether oxygens (including phenoxy) is 2. The van der Waals surface area contributed by atoms with Gasteiger partial charge in [-0.3, -0.25) is 0 Å². The van der Waals surface area contributed by atoms with Crippen LogP contribution in [0, 0.1) is 5.92 Å². The highest BCUT2D eigenvalue weighted by Crippen LogP contribution is 2.38. The summed E-state index contributed by atoms with van der Waals surface area (Å²) in [5.74, 6) is 0.307. The Morgan fingerprint density at radius 3 is 2.44 bits per heavy atom. The van der Waals surface area contributed by atoms with Crippen LogP contribution in [0.15, 0.2) is 82.6 Å². The first-order valence-corrected chi connectivity index (χ1v) is 15.5. The Kier molecular flexibility index (Phi) is 8.67. The highest BCUT2D eigenvalue weighted by atomic mass is 32.2. The number of fused-ring (bicyclic) bond motifs is 1. The lowest BCUT2D eigenvalue weighted by atomic mass is 10.0. The van der Waals surface area contributed by atoms with E-state index in [1.807, 2.05) is 31.2 Å². The molecule has 3 atom stereocenters. The Hall–Kier alpha value is -2.96. The molecule has 0 amide bonds. The normalized spacial score (nSPS) is 20.4. The zero-order chi connectivity index (χ0) is 28.4. The molecule has 1 aliphatic rings. The van der Waals surface area contributed by atoms with Gasteiger partial charge >= 0.3 is 0 Å². The summed E-state index contributed by atoms with van der Waals surface area (Å²) in [7, 11) is -4.81. The molecule has 1 aliphatic heterocycles. The first-order valence-electron chi connectivity index (χ1n) is 12.6. The molecule has 0 bridgehead atoms. The summed E-state index contributed by atoms with van der Waals surface area (Å²) >= 11 is 0. The van der Waals surface area contributed by atoms with Crippen LogP contribution in [0.4, 0.5) is 0 Å². The lowest BCUT2D eigenvalue weighted by molar-refractivity contribution is 0.0905. The minimum Gasteiger partial charge on any atom is -0.496 e. The van der Waals surface area contributed by atoms with Crippen LogP contribution < -0.4 is 9.47 Å². The molecule has 9 nitrogen and oxygen atoms in total. The van der Waals surface area contributed by atoms with E-state index in [0.717, 1.165) is 5.56 Å². The molecule has 39 heavy (non-hydrogen) atoms. The molecule has 1 heterocycles. The van der Waals surface area contributed by atoms with Crippen molar-refractivity contribution in [3.63, 3.8) is 0 Å². The largest absolute Gasteiger partial charge is 0.496 e. The molecule has 11 heteroatoms. The molecular formula is C28H34N2O7S2. The van der Waals surface area contributed by atoms with Crippen molar-refractivity contribution < 1.29 is 31.4 Å². The second-order valence-corrected chi connectivity index (χ2v) is 13.6. The molecule has 0 unspecified atom stereocenters. The van der Waals surface area contributed by atoms with Crippen molar-refractivity contribution in [3.05, 3.63) is 72.8 Å². The number of hydrogen-bond acceptors (Lipinski definition) is 7. The fraction of sp³-hybridized carbons (Fsp3) is 0.357. The van der Waals surface area contributed by atoms with Crippen LogP contribution in [0.3, 0.4) is 0 Å². The van der Waals surface area contributed by atoms with Crippen LogP contribution in [0.1, 0.15) is 13.8 Å². The maximum Gasteiger partial charge on any atom is 0.247 e. The third kappa shape index (κ3) is 5.82. The van der Waals surface area contributed by atoms with Gasteiger partial charge in [0, 0.05) is 31.1 Å². The van der Waals surface area contributed by atoms with E-state index in [1.165, 1.54) is 33.9 Å². The molecular weight excluding hydrogens is 540 g/mol. The number of methoxy groups -OCH3 is 1. The number of sulfonamides is 2. The summed E-state index contributed by atoms with van der Waals surface area (Å²) < 4.78 is 68.4. The van der Waals surface area contributed by atoms with E-state index in [-0.39, 0.29) is 35.2 Å². The highest BCUT2D eigenvalue weighted by molar-refractivity contribution is 7.89. The van der Waals surface area contributed by atoms with E-state index in [2.05, 4.69) is 0 Å². The van der Waals surface area contributed by atoms with Crippen molar-refractivity contribution >= 4 is 20.0 Å². The van der Waals surface area contributed by atoms with Crippen molar-refractivity contribution in [1.82, 2.24) is 8.61 Å². The van der Waals surface area contributed by atoms with Crippen LogP contribution >= 0.6 is 0 Å². The average Bonchev–Trinajstić information content (AvgIpc) is 2.94. The fourth-order valence-electron chi connectivity index (χ4n) is 4.62. The maximum absolute atomic E-state index is 13.8. The van der Waals surface area contributed by atoms with Gasteiger partial charge in [-0.2, -0.15) is 8.61 Å². The molecule has 0 spiro atoms. The molecule has 3 aromatic carbocycles. The van der Waals surface area contributed by atoms with E-state index in [9.17, 15) is 21.9 Å². The Labute approximate surface area is 230 Å². The Bertz CT molecular complexity index is 1510. The first kappa shape index (κ1) is 29.0. The summed E-state index contributed by atoms with van der Waals surface area (Å²) in [6.45, 7) is 3.11. The lowest BCUT2D eigenvalue weighted by Gasteiger charge is -2.37. The number of benzene rings is 3. The third-order valence-corrected chi connectivity index (χ3v) is 10.8. The molecule has 4 rings (SSSR count). The second-order valence-electron chi connectivity index (χ2n) is 9.70. The molecule has 1 N–H and O–H groups in total. The zero-order valence-corrected chi connectivity index (χ0v) is 24.0. The SMILES string of the molecule is COc1ccccc1-c1ccc2c(c1)O[C@@H](CN(C)S(=O)(=O)c1ccccc1)[C@H](C)CN([C@H](C)CO)S2(=O)=O. The van der Waals surface area contributed by atoms with Crippen molar-refractivity contribution in [3.8, 4) is 22.6 Å². The third-order valence-electron chi connectivity index (χ3n) is 6.97. The van der Waals surface area contributed by atoms with Crippen LogP contribution in [-0.2, 0) is 20.0 Å². The van der Waals surface area contributed by atoms with Gasteiger partial charge in [0.25, 0.3) is 0 Å². The molecule has 0 saturated carbocycles. The van der Waals surface area contributed by atoms with E-state index < -0.39 is 38.1 Å². The van der Waals surface area contributed by atoms with Gasteiger partial charge in [0.2, 0.25) is 20.0 Å². The summed E-state index contributed by atoms with van der Waals surface area (Å²) in [6.07, 6.45) is -0.691. The Morgan fingerprint density at radius 2 is 1.77 bits per heavy atom. The van der Waals surface area contributed by atoms with Crippen LogP contribution in [0.2, 0.25) is 0 Å². The lowest BCUT2D eigenvalue weighted by Crippen LogP contribution is -2.50. The number of hydrogen-bond donors (Lipinski definition) is 1. The minimum atomic E-state index is -4.04. The number of nitrogens with zero attached hydrogens (tertiary/aromatic N) is 2. The van der Waals surface area contributed by atoms with Crippen molar-refractivity contribution in [2.45, 2.75) is 35.8 Å². The van der Waals surface area contributed by atoms with Crippen LogP contribution in [0.25, 0.3) is 11.1 Å². The van der Waals surface area contributed by atoms with Gasteiger partial charge < -0.3 is 14.6 Å². The second kappa shape index (κ2) is 11.6. The molecule has 0 fully saturated rings. The number of aliphatic hydroxyl groups is 1.